The van der Waals surface area contributed by atoms with Crippen LogP contribution in [0.5, 0.6) is 0 Å². The standard InChI is InChI=1S/C65H46O5/c1-3-4-22-43(2)53-29-14-18-33-57(53)62(67)49-37-47(38-50(41-49)63(68)58-34-19-15-30-54(58)44-23-8-5-9-24-44)61(66)48-39-51(64(69)59-35-20-16-31-55(59)45-25-10-6-11-26-45)42-52(40-48)65(70)60-36-21-17-32-56(60)46-27-12-7-13-28-46/h3-42H,1-2H3/b4-3-,43-22+. The first-order chi connectivity index (χ1) is 34.2. The summed E-state index contributed by atoms with van der Waals surface area (Å²) in [6.45, 7) is 3.83. The number of benzene rings is 9. The first-order valence-electron chi connectivity index (χ1n) is 23.1. The van der Waals surface area contributed by atoms with Gasteiger partial charge in [0.25, 0.3) is 0 Å². The molecule has 0 N–H and O–H groups in total. The third kappa shape index (κ3) is 9.64. The van der Waals surface area contributed by atoms with E-state index < -0.39 is 28.9 Å². The molecule has 9 rings (SSSR count). The van der Waals surface area contributed by atoms with Crippen LogP contribution in [0.4, 0.5) is 0 Å². The fourth-order valence-corrected chi connectivity index (χ4v) is 8.84. The Morgan fingerprint density at radius 1 is 0.300 bits per heavy atom. The lowest BCUT2D eigenvalue weighted by molar-refractivity contribution is 0.102. The Hall–Kier alpha value is -9.19. The molecule has 9 aromatic carbocycles. The lowest BCUT2D eigenvalue weighted by atomic mass is 9.86. The number of allylic oxidation sites excluding steroid dienone is 4. The lowest BCUT2D eigenvalue weighted by Crippen LogP contribution is -2.14. The molecule has 0 saturated carbocycles. The van der Waals surface area contributed by atoms with Gasteiger partial charge in [0.1, 0.15) is 0 Å². The van der Waals surface area contributed by atoms with Crippen molar-refractivity contribution >= 4 is 34.5 Å². The fourth-order valence-electron chi connectivity index (χ4n) is 8.84. The van der Waals surface area contributed by atoms with Crippen molar-refractivity contribution < 1.29 is 24.0 Å². The summed E-state index contributed by atoms with van der Waals surface area (Å²) in [5.41, 5.74) is 8.18. The molecule has 0 radical (unpaired) electrons. The van der Waals surface area contributed by atoms with E-state index in [1.165, 1.54) is 24.3 Å². The van der Waals surface area contributed by atoms with Gasteiger partial charge in [-0.3, -0.25) is 24.0 Å². The van der Waals surface area contributed by atoms with E-state index >= 15 is 4.79 Å². The lowest BCUT2D eigenvalue weighted by Gasteiger charge is -2.15. The second-order valence-electron chi connectivity index (χ2n) is 16.9. The molecule has 0 heterocycles. The van der Waals surface area contributed by atoms with Crippen LogP contribution in [-0.4, -0.2) is 28.9 Å². The molecule has 0 aliphatic carbocycles. The van der Waals surface area contributed by atoms with Gasteiger partial charge in [0, 0.05) is 55.6 Å². The number of hydrogen-bond donors (Lipinski definition) is 0. The summed E-state index contributed by atoms with van der Waals surface area (Å²) < 4.78 is 0. The average molecular weight is 907 g/mol. The summed E-state index contributed by atoms with van der Waals surface area (Å²) in [7, 11) is 0. The Kier molecular flexibility index (Phi) is 13.6. The molecule has 0 fully saturated rings. The molecule has 0 spiro atoms. The van der Waals surface area contributed by atoms with E-state index in [4.69, 9.17) is 0 Å². The van der Waals surface area contributed by atoms with Crippen molar-refractivity contribution in [3.63, 3.8) is 0 Å². The van der Waals surface area contributed by atoms with Crippen molar-refractivity contribution in [3.8, 4) is 33.4 Å². The smallest absolute Gasteiger partial charge is 0.193 e. The third-order valence-electron chi connectivity index (χ3n) is 12.3. The van der Waals surface area contributed by atoms with Crippen molar-refractivity contribution in [2.75, 3.05) is 0 Å². The van der Waals surface area contributed by atoms with Gasteiger partial charge < -0.3 is 0 Å². The average Bonchev–Trinajstić information content (AvgIpc) is 3.43. The summed E-state index contributed by atoms with van der Waals surface area (Å²) in [5.74, 6) is -2.16. The number of rotatable bonds is 15. The summed E-state index contributed by atoms with van der Waals surface area (Å²) in [6, 6.07) is 66.7. The van der Waals surface area contributed by atoms with Crippen molar-refractivity contribution in [2.24, 2.45) is 0 Å². The van der Waals surface area contributed by atoms with Gasteiger partial charge in [0.2, 0.25) is 0 Å². The van der Waals surface area contributed by atoms with E-state index in [1.54, 1.807) is 60.7 Å². The van der Waals surface area contributed by atoms with Gasteiger partial charge in [-0.05, 0) is 94.8 Å². The molecule has 0 saturated heterocycles. The monoisotopic (exact) mass is 906 g/mol. The van der Waals surface area contributed by atoms with Gasteiger partial charge in [-0.15, -0.1) is 0 Å². The number of carbonyl (C=O) groups excluding carboxylic acids is 5. The highest BCUT2D eigenvalue weighted by molar-refractivity contribution is 6.22. The zero-order valence-electron chi connectivity index (χ0n) is 38.6. The molecule has 336 valence electrons. The molecule has 70 heavy (non-hydrogen) atoms. The molecule has 0 atom stereocenters. The van der Waals surface area contributed by atoms with Crippen LogP contribution in [0.25, 0.3) is 39.0 Å². The molecule has 0 unspecified atom stereocenters. The zero-order valence-corrected chi connectivity index (χ0v) is 38.6. The van der Waals surface area contributed by atoms with E-state index in [2.05, 4.69) is 0 Å². The van der Waals surface area contributed by atoms with Gasteiger partial charge in [0.15, 0.2) is 28.9 Å². The Bertz CT molecular complexity index is 3410. The number of ketones is 5. The molecular weight excluding hydrogens is 861 g/mol. The maximum atomic E-state index is 15.4. The topological polar surface area (TPSA) is 85.3 Å². The molecule has 0 aliphatic rings. The van der Waals surface area contributed by atoms with E-state index in [-0.39, 0.29) is 33.4 Å². The van der Waals surface area contributed by atoms with Crippen molar-refractivity contribution in [1.82, 2.24) is 0 Å². The summed E-state index contributed by atoms with van der Waals surface area (Å²) >= 11 is 0. The number of carbonyl (C=O) groups is 5. The third-order valence-corrected chi connectivity index (χ3v) is 12.3. The predicted octanol–water partition coefficient (Wildman–Crippen LogP) is 14.8. The van der Waals surface area contributed by atoms with Crippen LogP contribution in [0.3, 0.4) is 0 Å². The minimum atomic E-state index is -0.589. The van der Waals surface area contributed by atoms with E-state index in [0.29, 0.717) is 44.5 Å². The highest BCUT2D eigenvalue weighted by atomic mass is 16.1. The van der Waals surface area contributed by atoms with Crippen LogP contribution in [0.2, 0.25) is 0 Å². The van der Waals surface area contributed by atoms with Crippen LogP contribution >= 0.6 is 0 Å². The van der Waals surface area contributed by atoms with Crippen LogP contribution in [0.15, 0.2) is 243 Å². The Labute approximate surface area is 407 Å². The molecule has 0 amide bonds. The molecule has 9 aromatic rings. The summed E-state index contributed by atoms with van der Waals surface area (Å²) in [6.07, 6.45) is 5.72. The normalized spacial score (nSPS) is 11.3. The van der Waals surface area contributed by atoms with Gasteiger partial charge in [-0.25, -0.2) is 0 Å². The van der Waals surface area contributed by atoms with Crippen LogP contribution in [0.1, 0.15) is 99.0 Å². The first-order valence-corrected chi connectivity index (χ1v) is 23.1. The molecule has 0 aromatic heterocycles. The zero-order chi connectivity index (χ0) is 48.6. The first kappa shape index (κ1) is 45.9. The van der Waals surface area contributed by atoms with Crippen LogP contribution in [-0.2, 0) is 0 Å². The molecular formula is C65H46O5. The van der Waals surface area contributed by atoms with Gasteiger partial charge >= 0.3 is 0 Å². The number of hydrogen-bond acceptors (Lipinski definition) is 5. The van der Waals surface area contributed by atoms with Gasteiger partial charge in [-0.2, -0.15) is 0 Å². The van der Waals surface area contributed by atoms with Gasteiger partial charge in [-0.1, -0.05) is 206 Å². The second-order valence-corrected chi connectivity index (χ2v) is 16.9. The fraction of sp³-hybridized carbons (Fsp3) is 0.0308. The maximum Gasteiger partial charge on any atom is 0.193 e. The quantitative estimate of drug-likeness (QED) is 0.0755. The van der Waals surface area contributed by atoms with E-state index in [9.17, 15) is 19.2 Å². The van der Waals surface area contributed by atoms with Crippen LogP contribution in [0, 0.1) is 0 Å². The van der Waals surface area contributed by atoms with Crippen LogP contribution < -0.4 is 0 Å². The van der Waals surface area contributed by atoms with E-state index in [0.717, 1.165) is 22.3 Å². The van der Waals surface area contributed by atoms with Crippen molar-refractivity contribution in [2.45, 2.75) is 13.8 Å². The largest absolute Gasteiger partial charge is 0.289 e. The minimum Gasteiger partial charge on any atom is -0.289 e. The molecule has 0 aliphatic heterocycles. The highest BCUT2D eigenvalue weighted by Crippen LogP contribution is 2.32. The van der Waals surface area contributed by atoms with Crippen molar-refractivity contribution in [3.05, 3.63) is 304 Å². The molecule has 5 heteroatoms. The predicted molar refractivity (Wildman–Crippen MR) is 281 cm³/mol. The second kappa shape index (κ2) is 20.8. The Morgan fingerprint density at radius 2 is 0.557 bits per heavy atom. The minimum absolute atomic E-state index is 0.0294. The van der Waals surface area contributed by atoms with Gasteiger partial charge in [0.05, 0.1) is 0 Å². The molecule has 5 nitrogen and oxygen atoms in total. The summed E-state index contributed by atoms with van der Waals surface area (Å²) in [4.78, 5) is 75.1. The van der Waals surface area contributed by atoms with Crippen molar-refractivity contribution in [1.29, 1.82) is 0 Å². The summed E-state index contributed by atoms with van der Waals surface area (Å²) in [5, 5.41) is 0. The maximum absolute atomic E-state index is 15.4. The van der Waals surface area contributed by atoms with E-state index in [1.807, 2.05) is 172 Å². The Morgan fingerprint density at radius 3 is 0.886 bits per heavy atom. The highest BCUT2D eigenvalue weighted by Gasteiger charge is 2.26. The SMILES string of the molecule is C/C=C\C=C(/C)c1ccccc1C(=O)c1cc(C(=O)c2cc(C(=O)c3ccccc3-c3ccccc3)cc(C(=O)c3ccccc3-c3ccccc3)c2)cc(C(=O)c2ccccc2-c2ccccc2)c1. The Balaban J connectivity index is 1.23. The molecule has 0 bridgehead atoms.